The number of aromatic nitrogens is 1. The molecule has 7 heteroatoms. The number of nitrogens with one attached hydrogen (secondary N) is 1. The number of para-hydroxylation sites is 2. The zero-order valence-corrected chi connectivity index (χ0v) is 16.4. The van der Waals surface area contributed by atoms with Gasteiger partial charge in [-0.2, -0.15) is 0 Å². The number of benzene rings is 1. The van der Waals surface area contributed by atoms with E-state index in [-0.39, 0.29) is 27.5 Å². The molecule has 0 radical (unpaired) electrons. The average molecular weight is 451 g/mol. The van der Waals surface area contributed by atoms with Crippen molar-refractivity contribution in [3.8, 4) is 0 Å². The molecule has 1 saturated heterocycles. The number of carbonyl (C=O) groups excluding carboxylic acids is 1. The van der Waals surface area contributed by atoms with E-state index >= 15 is 0 Å². The average Bonchev–Trinajstić information content (AvgIpc) is 2.92. The summed E-state index contributed by atoms with van der Waals surface area (Å²) in [5, 5.41) is 3.02. The number of hydrogen-bond acceptors (Lipinski definition) is 4. The van der Waals surface area contributed by atoms with Gasteiger partial charge in [0.2, 0.25) is 0 Å². The molecule has 1 atom stereocenters. The first-order valence-corrected chi connectivity index (χ1v) is 10.9. The maximum atomic E-state index is 12.5. The van der Waals surface area contributed by atoms with Crippen molar-refractivity contribution >= 4 is 23.1 Å². The third-order valence-corrected chi connectivity index (χ3v) is 8.42. The Morgan fingerprint density at radius 3 is 2.72 bits per heavy atom. The molecular formula is C18H22IN5O. The first-order chi connectivity index (χ1) is 12.2. The van der Waals surface area contributed by atoms with Crippen molar-refractivity contribution < 1.29 is 26.3 Å². The summed E-state index contributed by atoms with van der Waals surface area (Å²) in [6, 6.07) is 12.2. The number of anilines is 2. The number of piperazine rings is 1. The molecule has 0 aliphatic carbocycles. The summed E-state index contributed by atoms with van der Waals surface area (Å²) >= 11 is -0.199. The molecule has 4 rings (SSSR count). The van der Waals surface area contributed by atoms with Gasteiger partial charge in [0.05, 0.1) is 0 Å². The van der Waals surface area contributed by atoms with Gasteiger partial charge >= 0.3 is 159 Å². The summed E-state index contributed by atoms with van der Waals surface area (Å²) in [5.41, 5.74) is 3.26. The van der Waals surface area contributed by atoms with Crippen LogP contribution >= 0.6 is 0 Å². The standard InChI is InChI=1S/C18H22IN5O/c1-24(17-7-3-2-6-16(17)21-18(24)25)14-19-23-11-9-22(10-12-23)15-5-4-8-20-13-15/h2-8,13H,9-12,14H2,1H3,(H,21,25). The first-order valence-electron chi connectivity index (χ1n) is 8.43. The van der Waals surface area contributed by atoms with E-state index in [1.165, 1.54) is 5.69 Å². The van der Waals surface area contributed by atoms with Crippen LogP contribution in [0.25, 0.3) is 0 Å². The SMILES string of the molecule is C[N+]1(C[I-]N2CCN(c3cccnc3)CC2)C(=O)Nc2ccccc21. The van der Waals surface area contributed by atoms with Gasteiger partial charge in [0.1, 0.15) is 0 Å². The van der Waals surface area contributed by atoms with Gasteiger partial charge in [-0.15, -0.1) is 0 Å². The molecule has 1 N–H and O–H groups in total. The Morgan fingerprint density at radius 1 is 1.16 bits per heavy atom. The number of urea groups is 1. The van der Waals surface area contributed by atoms with Crippen molar-refractivity contribution in [1.82, 2.24) is 12.6 Å². The molecule has 1 fully saturated rings. The van der Waals surface area contributed by atoms with Gasteiger partial charge in [-0.1, -0.05) is 0 Å². The van der Waals surface area contributed by atoms with E-state index in [4.69, 9.17) is 0 Å². The molecule has 6 nitrogen and oxygen atoms in total. The second-order valence-corrected chi connectivity index (χ2v) is 9.22. The van der Waals surface area contributed by atoms with Crippen LogP contribution in [0.4, 0.5) is 21.9 Å². The summed E-state index contributed by atoms with van der Waals surface area (Å²) in [4.78, 5) is 19.1. The second kappa shape index (κ2) is 6.89. The first kappa shape index (κ1) is 16.7. The number of fused-ring (bicyclic) bond motifs is 1. The third-order valence-electron chi connectivity index (χ3n) is 4.82. The molecule has 0 spiro atoms. The molecule has 1 aromatic heterocycles. The Morgan fingerprint density at radius 2 is 1.96 bits per heavy atom. The van der Waals surface area contributed by atoms with Crippen LogP contribution in [0.3, 0.4) is 0 Å². The number of carbonyl (C=O) groups is 1. The quantitative estimate of drug-likeness (QED) is 0.221. The molecule has 2 aromatic rings. The predicted molar refractivity (Wildman–Crippen MR) is 96.1 cm³/mol. The van der Waals surface area contributed by atoms with Crippen molar-refractivity contribution in [3.63, 3.8) is 0 Å². The summed E-state index contributed by atoms with van der Waals surface area (Å²) in [7, 11) is 2.03. The summed E-state index contributed by atoms with van der Waals surface area (Å²) < 4.78 is 3.84. The number of halogens is 1. The van der Waals surface area contributed by atoms with E-state index in [9.17, 15) is 4.79 Å². The molecule has 2 aliphatic rings. The van der Waals surface area contributed by atoms with Crippen LogP contribution < -0.4 is 36.2 Å². The molecular weight excluding hydrogens is 429 g/mol. The number of nitrogens with zero attached hydrogens (tertiary/aromatic N) is 4. The van der Waals surface area contributed by atoms with Gasteiger partial charge in [-0.25, -0.2) is 0 Å². The number of quaternary nitrogens is 1. The minimum atomic E-state index is -0.199. The van der Waals surface area contributed by atoms with E-state index in [0.29, 0.717) is 4.48 Å². The van der Waals surface area contributed by atoms with Crippen molar-refractivity contribution in [3.05, 3.63) is 48.8 Å². The Balaban J connectivity index is 1.36. The summed E-state index contributed by atoms with van der Waals surface area (Å²) in [5.74, 6) is 0. The van der Waals surface area contributed by atoms with Gasteiger partial charge in [0.15, 0.2) is 0 Å². The number of pyridine rings is 1. The van der Waals surface area contributed by atoms with E-state index in [1.54, 1.807) is 0 Å². The molecule has 0 saturated carbocycles. The van der Waals surface area contributed by atoms with Gasteiger partial charge in [-0.3, -0.25) is 0 Å². The Hall–Kier alpha value is -1.71. The maximum absolute atomic E-state index is 12.5. The van der Waals surface area contributed by atoms with Crippen molar-refractivity contribution in [2.24, 2.45) is 0 Å². The molecule has 132 valence electrons. The predicted octanol–water partition coefficient (Wildman–Crippen LogP) is -0.652. The molecule has 25 heavy (non-hydrogen) atoms. The van der Waals surface area contributed by atoms with Crippen LogP contribution in [0.15, 0.2) is 48.8 Å². The molecule has 2 aliphatic heterocycles. The summed E-state index contributed by atoms with van der Waals surface area (Å²) in [6.07, 6.45) is 3.75. The van der Waals surface area contributed by atoms with Gasteiger partial charge in [0, 0.05) is 0 Å². The fourth-order valence-electron chi connectivity index (χ4n) is 3.26. The van der Waals surface area contributed by atoms with E-state index in [1.807, 2.05) is 43.7 Å². The van der Waals surface area contributed by atoms with Crippen LogP contribution in [-0.2, 0) is 0 Å². The summed E-state index contributed by atoms with van der Waals surface area (Å²) in [6.45, 7) is 4.17. The third kappa shape index (κ3) is 3.23. The molecule has 3 heterocycles. The normalized spacial score (nSPS) is 23.6. The molecule has 1 aromatic carbocycles. The number of rotatable bonds is 4. The van der Waals surface area contributed by atoms with Gasteiger partial charge in [0.25, 0.3) is 0 Å². The van der Waals surface area contributed by atoms with E-state index in [2.05, 4.69) is 30.4 Å². The van der Waals surface area contributed by atoms with Crippen molar-refractivity contribution in [1.29, 1.82) is 0 Å². The van der Waals surface area contributed by atoms with Crippen LogP contribution in [0.5, 0.6) is 0 Å². The number of alkyl halides is 1. The van der Waals surface area contributed by atoms with E-state index in [0.717, 1.165) is 42.1 Å². The Kier molecular flexibility index (Phi) is 4.61. The zero-order valence-electron chi connectivity index (χ0n) is 14.2. The van der Waals surface area contributed by atoms with E-state index < -0.39 is 0 Å². The topological polar surface area (TPSA) is 48.5 Å². The Bertz CT molecular complexity index is 763. The zero-order chi connectivity index (χ0) is 17.3. The molecule has 0 bridgehead atoms. The van der Waals surface area contributed by atoms with Crippen LogP contribution in [0.1, 0.15) is 0 Å². The van der Waals surface area contributed by atoms with Crippen molar-refractivity contribution in [2.75, 3.05) is 48.0 Å². The van der Waals surface area contributed by atoms with Crippen LogP contribution in [-0.4, -0.2) is 51.9 Å². The minimum absolute atomic E-state index is 0.0925. The monoisotopic (exact) mass is 451 g/mol. The Labute approximate surface area is 158 Å². The van der Waals surface area contributed by atoms with Crippen LogP contribution in [0.2, 0.25) is 0 Å². The van der Waals surface area contributed by atoms with Gasteiger partial charge < -0.3 is 0 Å². The number of amides is 2. The molecule has 2 amide bonds. The fourth-order valence-corrected chi connectivity index (χ4v) is 6.09. The van der Waals surface area contributed by atoms with Crippen molar-refractivity contribution in [2.45, 2.75) is 0 Å². The fraction of sp³-hybridized carbons (Fsp3) is 0.333. The molecule has 1 unspecified atom stereocenters. The van der Waals surface area contributed by atoms with Gasteiger partial charge in [-0.05, 0) is 0 Å². The second-order valence-electron chi connectivity index (χ2n) is 6.49. The van der Waals surface area contributed by atoms with Crippen LogP contribution in [0, 0.1) is 0 Å². The number of hydrogen-bond donors (Lipinski definition) is 1.